The number of carbonyl (C=O) groups is 2. The Labute approximate surface area is 109 Å². The minimum absolute atomic E-state index is 0. The van der Waals surface area contributed by atoms with Gasteiger partial charge in [0.15, 0.2) is 34.7 Å². The smallest absolute Gasteiger partial charge is 0.414 e. The van der Waals surface area contributed by atoms with E-state index in [0.717, 1.165) is 0 Å². The molecule has 0 spiro atoms. The van der Waals surface area contributed by atoms with Gasteiger partial charge in [0, 0.05) is 43.4 Å². The first-order valence-corrected chi connectivity index (χ1v) is 1.11. The molecule has 0 aromatic heterocycles. The Kier molecular flexibility index (Phi) is 50.5. The summed E-state index contributed by atoms with van der Waals surface area (Å²) in [6.45, 7) is 0. The molecule has 0 heterocycles. The molecule has 4 nitrogen and oxygen atoms in total. The molecule has 0 amide bonds. The summed E-state index contributed by atoms with van der Waals surface area (Å²) in [6.07, 6.45) is 0. The van der Waals surface area contributed by atoms with Gasteiger partial charge in [-0.1, -0.05) is 0 Å². The third kappa shape index (κ3) is 22.7. The van der Waals surface area contributed by atoms with Crippen LogP contribution in [0.4, 0.5) is 0 Å². The molecule has 2 N–H and O–H groups in total. The van der Waals surface area contributed by atoms with Gasteiger partial charge in [0.25, 0.3) is 0 Å². The molecular weight excluding hydrogens is 238 g/mol. The summed E-state index contributed by atoms with van der Waals surface area (Å²) < 4.78 is 0. The fourth-order valence-electron chi connectivity index (χ4n) is 0. The summed E-state index contributed by atoms with van der Waals surface area (Å²) >= 11 is 0. The molecule has 0 aliphatic rings. The van der Waals surface area contributed by atoms with Gasteiger partial charge >= 0.3 is 11.9 Å². The summed E-state index contributed by atoms with van der Waals surface area (Å²) in [7, 11) is 0. The first-order chi connectivity index (χ1) is 2.64. The summed E-state index contributed by atoms with van der Waals surface area (Å²) in [6, 6.07) is 0. The van der Waals surface area contributed by atoms with Crippen LogP contribution >= 0.6 is 0 Å². The van der Waals surface area contributed by atoms with Crippen molar-refractivity contribution in [1.82, 2.24) is 0 Å². The van der Waals surface area contributed by atoms with Gasteiger partial charge in [0.2, 0.25) is 0 Å². The molecule has 0 aliphatic heterocycles. The average Bonchev–Trinajstić information content (AvgIpc) is 1.36. The fourth-order valence-corrected chi connectivity index (χ4v) is 0. The first kappa shape index (κ1) is 30.1. The van der Waals surface area contributed by atoms with Gasteiger partial charge in [0.05, 0.1) is 0 Å². The third-order valence-corrected chi connectivity index (χ3v) is 0.183. The van der Waals surface area contributed by atoms with Crippen molar-refractivity contribution in [3.8, 4) is 0 Å². The Balaban J connectivity index is -0.0000000208. The summed E-state index contributed by atoms with van der Waals surface area (Å²) in [5, 5.41) is 14.8. The number of aliphatic carboxylic acids is 2. The maximum atomic E-state index is 9.10. The van der Waals surface area contributed by atoms with Crippen molar-refractivity contribution in [2.75, 3.05) is 0 Å². The molecule has 8 heteroatoms. The van der Waals surface area contributed by atoms with Crippen molar-refractivity contribution in [1.29, 1.82) is 0 Å². The van der Waals surface area contributed by atoms with Gasteiger partial charge in [-0.2, -0.15) is 0 Å². The number of carboxylic acid groups (broad SMARTS) is 2. The predicted octanol–water partition coefficient (Wildman–Crippen LogP) is -3.22. The monoisotopic (exact) mass is 246 g/mol. The van der Waals surface area contributed by atoms with Crippen LogP contribution in [-0.4, -0.2) is 56.9 Å². The van der Waals surface area contributed by atoms with E-state index < -0.39 is 11.9 Å². The largest absolute Gasteiger partial charge is 0.473 e. The molecule has 0 radical (unpaired) electrons. The Morgan fingerprint density at radius 1 is 0.800 bits per heavy atom. The van der Waals surface area contributed by atoms with Gasteiger partial charge < -0.3 is 10.2 Å². The van der Waals surface area contributed by atoms with Gasteiger partial charge in [-0.3, -0.25) is 0 Å². The van der Waals surface area contributed by atoms with Gasteiger partial charge in [-0.25, -0.2) is 9.59 Å². The maximum Gasteiger partial charge on any atom is 0.414 e. The molecule has 0 unspecified atom stereocenters. The molecule has 10 heavy (non-hydrogen) atoms. The Morgan fingerprint density at radius 3 is 0.900 bits per heavy atom. The number of carboxylic acids is 2. The molecule has 0 bridgehead atoms. The molecule has 0 rings (SSSR count). The van der Waals surface area contributed by atoms with Crippen LogP contribution in [0.5, 0.6) is 0 Å². The molecule has 0 aromatic rings. The van der Waals surface area contributed by atoms with Crippen molar-refractivity contribution in [2.24, 2.45) is 0 Å². The second-order valence-corrected chi connectivity index (χ2v) is 0.610. The van der Waals surface area contributed by atoms with Crippen molar-refractivity contribution in [2.45, 2.75) is 0 Å². The summed E-state index contributed by atoms with van der Waals surface area (Å²) in [5.41, 5.74) is 0. The Morgan fingerprint density at radius 2 is 0.900 bits per heavy atom. The van der Waals surface area contributed by atoms with E-state index in [2.05, 4.69) is 0 Å². The van der Waals surface area contributed by atoms with E-state index in [0.29, 0.717) is 0 Å². The third-order valence-electron chi connectivity index (χ3n) is 0.183. The van der Waals surface area contributed by atoms with E-state index in [4.69, 9.17) is 19.8 Å². The Hall–Kier alpha value is 1.43. The minimum Gasteiger partial charge on any atom is -0.473 e. The van der Waals surface area contributed by atoms with E-state index in [-0.39, 0.29) is 78.2 Å². The number of hydrogen-bond acceptors (Lipinski definition) is 2. The van der Waals surface area contributed by atoms with E-state index in [1.54, 1.807) is 0 Å². The van der Waals surface area contributed by atoms with E-state index in [1.807, 2.05) is 0 Å². The topological polar surface area (TPSA) is 74.6 Å². The minimum atomic E-state index is -1.82. The maximum absolute atomic E-state index is 9.10. The van der Waals surface area contributed by atoms with Crippen LogP contribution in [0.15, 0.2) is 0 Å². The second kappa shape index (κ2) is 16.8. The van der Waals surface area contributed by atoms with E-state index >= 15 is 0 Å². The average molecular weight is 246 g/mol. The molecule has 54 valence electrons. The summed E-state index contributed by atoms with van der Waals surface area (Å²) in [5.74, 6) is -3.65. The van der Waals surface area contributed by atoms with Crippen LogP contribution in [0.1, 0.15) is 0 Å². The van der Waals surface area contributed by atoms with Crippen LogP contribution < -0.4 is 0 Å². The van der Waals surface area contributed by atoms with Gasteiger partial charge in [0.1, 0.15) is 0 Å². The van der Waals surface area contributed by atoms with Crippen LogP contribution in [0.3, 0.4) is 0 Å². The molecule has 0 fully saturated rings. The number of rotatable bonds is 0. The van der Waals surface area contributed by atoms with Gasteiger partial charge in [-0.05, 0) is 0 Å². The Bertz CT molecular complexity index is 85.3. The van der Waals surface area contributed by atoms with Crippen LogP contribution in [0.25, 0.3) is 0 Å². The summed E-state index contributed by atoms with van der Waals surface area (Å²) in [4.78, 5) is 18.2. The van der Waals surface area contributed by atoms with Gasteiger partial charge in [-0.15, -0.1) is 0 Å². The van der Waals surface area contributed by atoms with Crippen molar-refractivity contribution in [3.05, 3.63) is 0 Å². The SMILES string of the molecule is O=C(O)C(=O)O.[AlH3].[AlH3].[Ti].[Ti]. The predicted molar refractivity (Wildman–Crippen MR) is 35.1 cm³/mol. The first-order valence-electron chi connectivity index (χ1n) is 1.11. The molecule has 0 saturated carbocycles. The van der Waals surface area contributed by atoms with Crippen LogP contribution in [-0.2, 0) is 53.0 Å². The number of hydrogen-bond donors (Lipinski definition) is 2. The van der Waals surface area contributed by atoms with Crippen molar-refractivity contribution in [3.63, 3.8) is 0 Å². The normalized spacial score (nSPS) is 4.40. The molecule has 0 atom stereocenters. The second-order valence-electron chi connectivity index (χ2n) is 0.610. The van der Waals surface area contributed by atoms with Crippen LogP contribution in [0, 0.1) is 0 Å². The quantitative estimate of drug-likeness (QED) is 0.348. The zero-order valence-corrected chi connectivity index (χ0v) is 6.83. The molecule has 0 aliphatic carbocycles. The molecule has 0 aromatic carbocycles. The fraction of sp³-hybridized carbons (Fsp3) is 0. The zero-order valence-electron chi connectivity index (χ0n) is 3.71. The van der Waals surface area contributed by atoms with Crippen LogP contribution in [0.2, 0.25) is 0 Å². The molecular formula is C2H8Al2O4Ti2. The van der Waals surface area contributed by atoms with E-state index in [1.165, 1.54) is 0 Å². The zero-order chi connectivity index (χ0) is 5.15. The van der Waals surface area contributed by atoms with Crippen molar-refractivity contribution < 1.29 is 63.2 Å². The molecule has 0 saturated heterocycles. The van der Waals surface area contributed by atoms with E-state index in [9.17, 15) is 0 Å². The standard InChI is InChI=1S/C2H2O4.2Al.2Ti.6H/c3-1(4)2(5)6;;;;;;;;;;/h(H,3,4)(H,5,6);;;;;;;;;;. The van der Waals surface area contributed by atoms with Crippen molar-refractivity contribution >= 4 is 46.7 Å².